The Labute approximate surface area is 158 Å². The van der Waals surface area contributed by atoms with E-state index in [0.717, 1.165) is 32.4 Å². The van der Waals surface area contributed by atoms with Crippen LogP contribution >= 0.6 is 0 Å². The smallest absolute Gasteiger partial charge is 0.254 e. The third kappa shape index (κ3) is 4.22. The maximum absolute atomic E-state index is 13.0. The molecule has 2 aromatic heterocycles. The first kappa shape index (κ1) is 17.4. The molecule has 6 nitrogen and oxygen atoms in total. The molecule has 0 radical (unpaired) electrons. The second-order valence-electron chi connectivity index (χ2n) is 7.06. The predicted octanol–water partition coefficient (Wildman–Crippen LogP) is 3.15. The molecule has 138 valence electrons. The molecule has 1 aliphatic heterocycles. The second kappa shape index (κ2) is 8.12. The molecule has 1 aromatic carbocycles. The number of carbonyl (C=O) groups is 1. The Morgan fingerprint density at radius 1 is 1.11 bits per heavy atom. The minimum absolute atomic E-state index is 0.0798. The SMILES string of the molecule is O=C(c1ccnc(-n2cnnc2)c1)N1CCCC(CCc2ccccc2)C1. The molecule has 6 heteroatoms. The normalized spacial score (nSPS) is 17.0. The molecule has 0 spiro atoms. The van der Waals surface area contributed by atoms with E-state index in [2.05, 4.69) is 39.4 Å². The number of aromatic nitrogens is 4. The number of pyridine rings is 1. The second-order valence-corrected chi connectivity index (χ2v) is 7.06. The largest absolute Gasteiger partial charge is 0.338 e. The van der Waals surface area contributed by atoms with Crippen molar-refractivity contribution in [2.45, 2.75) is 25.7 Å². The van der Waals surface area contributed by atoms with Gasteiger partial charge in [0.05, 0.1) is 0 Å². The summed E-state index contributed by atoms with van der Waals surface area (Å²) in [6.45, 7) is 1.65. The number of amides is 1. The van der Waals surface area contributed by atoms with Gasteiger partial charge in [0.15, 0.2) is 0 Å². The summed E-state index contributed by atoms with van der Waals surface area (Å²) in [5.74, 6) is 1.29. The minimum Gasteiger partial charge on any atom is -0.338 e. The monoisotopic (exact) mass is 361 g/mol. The first-order valence-electron chi connectivity index (χ1n) is 9.44. The number of hydrogen-bond donors (Lipinski definition) is 0. The van der Waals surface area contributed by atoms with E-state index in [1.807, 2.05) is 11.0 Å². The Hall–Kier alpha value is -3.02. The fraction of sp³-hybridized carbons (Fsp3) is 0.333. The van der Waals surface area contributed by atoms with Crippen LogP contribution in [-0.4, -0.2) is 43.6 Å². The van der Waals surface area contributed by atoms with E-state index in [1.54, 1.807) is 35.6 Å². The third-order valence-electron chi connectivity index (χ3n) is 5.17. The Bertz CT molecular complexity index is 879. The van der Waals surface area contributed by atoms with E-state index in [4.69, 9.17) is 0 Å². The summed E-state index contributed by atoms with van der Waals surface area (Å²) in [5.41, 5.74) is 2.03. The summed E-state index contributed by atoms with van der Waals surface area (Å²) in [4.78, 5) is 19.3. The van der Waals surface area contributed by atoms with Gasteiger partial charge in [0.25, 0.3) is 5.91 Å². The summed E-state index contributed by atoms with van der Waals surface area (Å²) in [6, 6.07) is 14.2. The van der Waals surface area contributed by atoms with Gasteiger partial charge < -0.3 is 4.90 Å². The van der Waals surface area contributed by atoms with Crippen LogP contribution in [0.2, 0.25) is 0 Å². The molecule has 27 heavy (non-hydrogen) atoms. The Morgan fingerprint density at radius 3 is 2.74 bits per heavy atom. The lowest BCUT2D eigenvalue weighted by Gasteiger charge is -2.33. The topological polar surface area (TPSA) is 63.9 Å². The third-order valence-corrected chi connectivity index (χ3v) is 5.17. The minimum atomic E-state index is 0.0798. The zero-order valence-electron chi connectivity index (χ0n) is 15.2. The zero-order chi connectivity index (χ0) is 18.5. The first-order valence-corrected chi connectivity index (χ1v) is 9.44. The molecule has 0 aliphatic carbocycles. The van der Waals surface area contributed by atoms with Crippen molar-refractivity contribution >= 4 is 5.91 Å². The number of carbonyl (C=O) groups excluding carboxylic acids is 1. The Morgan fingerprint density at radius 2 is 1.93 bits per heavy atom. The highest BCUT2D eigenvalue weighted by Gasteiger charge is 2.24. The van der Waals surface area contributed by atoms with E-state index in [9.17, 15) is 4.79 Å². The van der Waals surface area contributed by atoms with Crippen LogP contribution < -0.4 is 0 Å². The molecule has 1 unspecified atom stereocenters. The van der Waals surface area contributed by atoms with Crippen molar-refractivity contribution in [1.29, 1.82) is 0 Å². The zero-order valence-corrected chi connectivity index (χ0v) is 15.2. The van der Waals surface area contributed by atoms with Gasteiger partial charge in [0, 0.05) is 24.8 Å². The van der Waals surface area contributed by atoms with Crippen molar-refractivity contribution < 1.29 is 4.79 Å². The molecular formula is C21H23N5O. The maximum Gasteiger partial charge on any atom is 0.254 e. The number of likely N-dealkylation sites (tertiary alicyclic amines) is 1. The Kier molecular flexibility index (Phi) is 5.23. The van der Waals surface area contributed by atoms with E-state index in [0.29, 0.717) is 17.3 Å². The molecule has 1 atom stereocenters. The molecule has 0 bridgehead atoms. The summed E-state index contributed by atoms with van der Waals surface area (Å²) in [7, 11) is 0. The average Bonchev–Trinajstić information content (AvgIpc) is 3.28. The van der Waals surface area contributed by atoms with Crippen LogP contribution in [0.5, 0.6) is 0 Å². The standard InChI is InChI=1S/C21H23N5O/c27-21(19-10-11-22-20(13-19)26-15-23-24-16-26)25-12-4-7-18(14-25)9-8-17-5-2-1-3-6-17/h1-3,5-6,10-11,13,15-16,18H,4,7-9,12,14H2. The Balaban J connectivity index is 1.40. The van der Waals surface area contributed by atoms with Gasteiger partial charge in [-0.05, 0) is 49.3 Å². The molecular weight excluding hydrogens is 338 g/mol. The summed E-state index contributed by atoms with van der Waals surface area (Å²) in [5, 5.41) is 7.59. The van der Waals surface area contributed by atoms with E-state index >= 15 is 0 Å². The number of hydrogen-bond acceptors (Lipinski definition) is 4. The molecule has 1 fully saturated rings. The molecule has 0 N–H and O–H groups in total. The fourth-order valence-corrected chi connectivity index (χ4v) is 3.69. The molecule has 1 amide bonds. The van der Waals surface area contributed by atoms with Crippen LogP contribution in [0.4, 0.5) is 0 Å². The lowest BCUT2D eigenvalue weighted by molar-refractivity contribution is 0.0668. The van der Waals surface area contributed by atoms with Crippen LogP contribution in [0, 0.1) is 5.92 Å². The van der Waals surface area contributed by atoms with Gasteiger partial charge >= 0.3 is 0 Å². The van der Waals surface area contributed by atoms with Crippen molar-refractivity contribution in [3.63, 3.8) is 0 Å². The van der Waals surface area contributed by atoms with Crippen molar-refractivity contribution in [1.82, 2.24) is 24.6 Å². The number of benzene rings is 1. The van der Waals surface area contributed by atoms with E-state index in [1.165, 1.54) is 12.0 Å². The maximum atomic E-state index is 13.0. The number of piperidine rings is 1. The molecule has 0 saturated carbocycles. The molecule has 1 saturated heterocycles. The molecule has 3 heterocycles. The van der Waals surface area contributed by atoms with Gasteiger partial charge in [-0.2, -0.15) is 0 Å². The number of nitrogens with zero attached hydrogens (tertiary/aromatic N) is 5. The molecule has 3 aromatic rings. The lowest BCUT2D eigenvalue weighted by atomic mass is 9.91. The van der Waals surface area contributed by atoms with Gasteiger partial charge in [-0.25, -0.2) is 4.98 Å². The van der Waals surface area contributed by atoms with Crippen molar-refractivity contribution in [3.8, 4) is 5.82 Å². The van der Waals surface area contributed by atoms with Crippen LogP contribution in [-0.2, 0) is 6.42 Å². The van der Waals surface area contributed by atoms with Crippen LogP contribution in [0.1, 0.15) is 35.2 Å². The highest BCUT2D eigenvalue weighted by Crippen LogP contribution is 2.23. The van der Waals surface area contributed by atoms with Gasteiger partial charge in [-0.1, -0.05) is 30.3 Å². The predicted molar refractivity (Wildman–Crippen MR) is 103 cm³/mol. The highest BCUT2D eigenvalue weighted by molar-refractivity contribution is 5.94. The number of rotatable bonds is 5. The first-order chi connectivity index (χ1) is 13.3. The van der Waals surface area contributed by atoms with Crippen LogP contribution in [0.15, 0.2) is 61.3 Å². The quantitative estimate of drug-likeness (QED) is 0.700. The van der Waals surface area contributed by atoms with Gasteiger partial charge in [0.1, 0.15) is 18.5 Å². The highest BCUT2D eigenvalue weighted by atomic mass is 16.2. The van der Waals surface area contributed by atoms with Gasteiger partial charge in [-0.15, -0.1) is 10.2 Å². The van der Waals surface area contributed by atoms with Crippen molar-refractivity contribution in [2.75, 3.05) is 13.1 Å². The molecule has 4 rings (SSSR count). The fourth-order valence-electron chi connectivity index (χ4n) is 3.69. The van der Waals surface area contributed by atoms with Gasteiger partial charge in [-0.3, -0.25) is 9.36 Å². The van der Waals surface area contributed by atoms with Crippen molar-refractivity contribution in [2.24, 2.45) is 5.92 Å². The van der Waals surface area contributed by atoms with Crippen molar-refractivity contribution in [3.05, 3.63) is 72.4 Å². The van der Waals surface area contributed by atoms with Crippen LogP contribution in [0.3, 0.4) is 0 Å². The lowest BCUT2D eigenvalue weighted by Crippen LogP contribution is -2.40. The summed E-state index contributed by atoms with van der Waals surface area (Å²) in [6.07, 6.45) is 9.28. The van der Waals surface area contributed by atoms with E-state index in [-0.39, 0.29) is 5.91 Å². The summed E-state index contributed by atoms with van der Waals surface area (Å²) >= 11 is 0. The summed E-state index contributed by atoms with van der Waals surface area (Å²) < 4.78 is 1.70. The van der Waals surface area contributed by atoms with Crippen LogP contribution in [0.25, 0.3) is 5.82 Å². The average molecular weight is 361 g/mol. The van der Waals surface area contributed by atoms with Gasteiger partial charge in [0.2, 0.25) is 0 Å². The number of aryl methyl sites for hydroxylation is 1. The molecule has 1 aliphatic rings. The van der Waals surface area contributed by atoms with E-state index < -0.39 is 0 Å².